The molecule has 31 heavy (non-hydrogen) atoms. The van der Waals surface area contributed by atoms with Crippen molar-refractivity contribution in [3.8, 4) is 5.75 Å². The minimum absolute atomic E-state index is 0. The van der Waals surface area contributed by atoms with Gasteiger partial charge in [-0.3, -0.25) is 4.79 Å². The van der Waals surface area contributed by atoms with Crippen LogP contribution in [0.25, 0.3) is 0 Å². The third-order valence-corrected chi connectivity index (χ3v) is 4.39. The number of hydrogen-bond donors (Lipinski definition) is 2. The van der Waals surface area contributed by atoms with Gasteiger partial charge in [0.1, 0.15) is 6.10 Å². The van der Waals surface area contributed by atoms with Gasteiger partial charge in [-0.15, -0.1) is 24.8 Å². The summed E-state index contributed by atoms with van der Waals surface area (Å²) in [5, 5.41) is 2.74. The second kappa shape index (κ2) is 12.9. The Balaban J connectivity index is 0.00000240. The summed E-state index contributed by atoms with van der Waals surface area (Å²) in [4.78, 5) is 16.6. The highest BCUT2D eigenvalue weighted by Crippen LogP contribution is 2.16. The molecule has 0 bridgehead atoms. The lowest BCUT2D eigenvalue weighted by Crippen LogP contribution is -2.45. The van der Waals surface area contributed by atoms with Crippen molar-refractivity contribution in [3.63, 3.8) is 0 Å². The molecule has 3 rings (SSSR count). The summed E-state index contributed by atoms with van der Waals surface area (Å²) in [6.45, 7) is 2.69. The molecule has 0 saturated heterocycles. The van der Waals surface area contributed by atoms with Crippen LogP contribution >= 0.6 is 24.8 Å². The van der Waals surface area contributed by atoms with Gasteiger partial charge in [0, 0.05) is 19.2 Å². The molecule has 0 fully saturated rings. The molecule has 2 atom stereocenters. The van der Waals surface area contributed by atoms with E-state index in [0.29, 0.717) is 13.0 Å². The number of nitrogens with one attached hydrogen (secondary N) is 1. The van der Waals surface area contributed by atoms with Gasteiger partial charge in [0.05, 0.1) is 24.6 Å². The number of amides is 1. The standard InChI is InChI=1S/C22H25FN4O2.2ClH/c1-16(29-21-10-6-5-9-19(21)23)12-25-22(28)20(24)11-18-14-27(15-26-18)13-17-7-3-2-4-8-17;;/h2-10,14-16,20H,11-13,24H2,1H3,(H,25,28);2*1H/t16?,20-;;/m0../s1. The minimum atomic E-state index is -0.726. The fourth-order valence-corrected chi connectivity index (χ4v) is 2.88. The summed E-state index contributed by atoms with van der Waals surface area (Å²) in [5.41, 5.74) is 7.93. The minimum Gasteiger partial charge on any atom is -0.486 e. The van der Waals surface area contributed by atoms with E-state index in [9.17, 15) is 9.18 Å². The lowest BCUT2D eigenvalue weighted by atomic mass is 10.1. The molecule has 9 heteroatoms. The van der Waals surface area contributed by atoms with Crippen molar-refractivity contribution in [1.29, 1.82) is 0 Å². The predicted octanol–water partition coefficient (Wildman–Crippen LogP) is 3.37. The molecule has 1 heterocycles. The lowest BCUT2D eigenvalue weighted by Gasteiger charge is -2.17. The first-order valence-electron chi connectivity index (χ1n) is 9.50. The number of nitrogens with two attached hydrogens (primary N) is 1. The maximum atomic E-state index is 13.6. The van der Waals surface area contributed by atoms with E-state index in [1.165, 1.54) is 11.6 Å². The van der Waals surface area contributed by atoms with Crippen molar-refractivity contribution in [2.75, 3.05) is 6.54 Å². The van der Waals surface area contributed by atoms with Gasteiger partial charge in [-0.1, -0.05) is 42.5 Å². The molecule has 0 aliphatic rings. The number of rotatable bonds is 9. The molecule has 0 aliphatic heterocycles. The van der Waals surface area contributed by atoms with Gasteiger partial charge >= 0.3 is 0 Å². The Morgan fingerprint density at radius 3 is 2.55 bits per heavy atom. The molecule has 0 aliphatic carbocycles. The van der Waals surface area contributed by atoms with Gasteiger partial charge in [0.25, 0.3) is 0 Å². The predicted molar refractivity (Wildman–Crippen MR) is 123 cm³/mol. The summed E-state index contributed by atoms with van der Waals surface area (Å²) in [6.07, 6.45) is 3.56. The summed E-state index contributed by atoms with van der Waals surface area (Å²) in [6, 6.07) is 15.5. The lowest BCUT2D eigenvalue weighted by molar-refractivity contribution is -0.122. The number of nitrogens with zero attached hydrogens (tertiary/aromatic N) is 2. The molecule has 168 valence electrons. The quantitative estimate of drug-likeness (QED) is 0.504. The highest BCUT2D eigenvalue weighted by Gasteiger charge is 2.17. The van der Waals surface area contributed by atoms with E-state index < -0.39 is 18.0 Å². The second-order valence-electron chi connectivity index (χ2n) is 6.94. The van der Waals surface area contributed by atoms with Gasteiger partial charge in [-0.25, -0.2) is 9.37 Å². The molecule has 3 N–H and O–H groups in total. The normalized spacial score (nSPS) is 12.1. The van der Waals surface area contributed by atoms with Crippen LogP contribution in [0, 0.1) is 5.82 Å². The zero-order valence-corrected chi connectivity index (χ0v) is 18.7. The third kappa shape index (κ3) is 8.20. The van der Waals surface area contributed by atoms with Crippen molar-refractivity contribution < 1.29 is 13.9 Å². The van der Waals surface area contributed by atoms with Gasteiger partial charge in [-0.05, 0) is 24.6 Å². The Labute approximate surface area is 193 Å². The summed E-state index contributed by atoms with van der Waals surface area (Å²) < 4.78 is 21.1. The molecule has 0 spiro atoms. The molecule has 2 aromatic carbocycles. The van der Waals surface area contributed by atoms with Crippen LogP contribution in [0.1, 0.15) is 18.2 Å². The van der Waals surface area contributed by atoms with Crippen LogP contribution in [0.5, 0.6) is 5.75 Å². The number of carbonyl (C=O) groups is 1. The summed E-state index contributed by atoms with van der Waals surface area (Å²) >= 11 is 0. The molecule has 1 aromatic heterocycles. The molecule has 0 radical (unpaired) electrons. The van der Waals surface area contributed by atoms with E-state index in [1.807, 2.05) is 41.1 Å². The molecule has 1 unspecified atom stereocenters. The van der Waals surface area contributed by atoms with Gasteiger partial charge in [0.2, 0.25) is 5.91 Å². The number of aromatic nitrogens is 2. The van der Waals surface area contributed by atoms with Crippen LogP contribution in [0.15, 0.2) is 67.1 Å². The van der Waals surface area contributed by atoms with Crippen molar-refractivity contribution >= 4 is 30.7 Å². The van der Waals surface area contributed by atoms with Crippen LogP contribution in [-0.4, -0.2) is 34.1 Å². The Hall–Kier alpha value is -2.61. The number of carbonyl (C=O) groups excluding carboxylic acids is 1. The van der Waals surface area contributed by atoms with E-state index >= 15 is 0 Å². The number of para-hydroxylation sites is 1. The Bertz CT molecular complexity index is 940. The monoisotopic (exact) mass is 468 g/mol. The fourth-order valence-electron chi connectivity index (χ4n) is 2.88. The van der Waals surface area contributed by atoms with Crippen LogP contribution in [0.3, 0.4) is 0 Å². The highest BCUT2D eigenvalue weighted by molar-refractivity contribution is 5.85. The maximum absolute atomic E-state index is 13.6. The molecule has 6 nitrogen and oxygen atoms in total. The fraction of sp³-hybridized carbons (Fsp3) is 0.273. The molecule has 1 amide bonds. The van der Waals surface area contributed by atoms with Crippen molar-refractivity contribution in [3.05, 3.63) is 84.2 Å². The first-order chi connectivity index (χ1) is 14.0. The average Bonchev–Trinajstić information content (AvgIpc) is 3.15. The Kier molecular flexibility index (Phi) is 11.0. The molecule has 0 saturated carbocycles. The van der Waals surface area contributed by atoms with Crippen molar-refractivity contribution in [1.82, 2.24) is 14.9 Å². The largest absolute Gasteiger partial charge is 0.486 e. The first kappa shape index (κ1) is 26.4. The van der Waals surface area contributed by atoms with Gasteiger partial charge in [0.15, 0.2) is 11.6 Å². The number of benzene rings is 2. The van der Waals surface area contributed by atoms with E-state index in [-0.39, 0.29) is 43.0 Å². The summed E-state index contributed by atoms with van der Waals surface area (Å²) in [5.74, 6) is -0.581. The molecule has 3 aromatic rings. The molecular formula is C22H27Cl2FN4O2. The summed E-state index contributed by atoms with van der Waals surface area (Å²) in [7, 11) is 0. The van der Waals surface area contributed by atoms with E-state index in [4.69, 9.17) is 10.5 Å². The first-order valence-corrected chi connectivity index (χ1v) is 9.50. The number of ether oxygens (including phenoxy) is 1. The van der Waals surface area contributed by atoms with Gasteiger partial charge < -0.3 is 20.4 Å². The maximum Gasteiger partial charge on any atom is 0.237 e. The molecular weight excluding hydrogens is 442 g/mol. The van der Waals surface area contributed by atoms with Crippen molar-refractivity contribution in [2.24, 2.45) is 5.73 Å². The third-order valence-electron chi connectivity index (χ3n) is 4.39. The topological polar surface area (TPSA) is 82.2 Å². The number of imidazole rings is 1. The number of hydrogen-bond acceptors (Lipinski definition) is 4. The SMILES string of the molecule is CC(CNC(=O)[C@@H](N)Cc1cn(Cc2ccccc2)cn1)Oc1ccccc1F.Cl.Cl. The highest BCUT2D eigenvalue weighted by atomic mass is 35.5. The number of halogens is 3. The van der Waals surface area contributed by atoms with E-state index in [1.54, 1.807) is 31.5 Å². The van der Waals surface area contributed by atoms with E-state index in [0.717, 1.165) is 5.69 Å². The van der Waals surface area contributed by atoms with Crippen LogP contribution < -0.4 is 15.8 Å². The Morgan fingerprint density at radius 1 is 1.16 bits per heavy atom. The smallest absolute Gasteiger partial charge is 0.237 e. The second-order valence-corrected chi connectivity index (χ2v) is 6.94. The zero-order chi connectivity index (χ0) is 20.6. The van der Waals surface area contributed by atoms with Crippen LogP contribution in [0.4, 0.5) is 4.39 Å². The average molecular weight is 469 g/mol. The van der Waals surface area contributed by atoms with Crippen LogP contribution in [0.2, 0.25) is 0 Å². The van der Waals surface area contributed by atoms with E-state index in [2.05, 4.69) is 10.3 Å². The van der Waals surface area contributed by atoms with Crippen LogP contribution in [-0.2, 0) is 17.8 Å². The zero-order valence-electron chi connectivity index (χ0n) is 17.1. The van der Waals surface area contributed by atoms with Gasteiger partial charge in [-0.2, -0.15) is 0 Å². The van der Waals surface area contributed by atoms with Crippen molar-refractivity contribution in [2.45, 2.75) is 32.0 Å². The Morgan fingerprint density at radius 2 is 1.84 bits per heavy atom.